The van der Waals surface area contributed by atoms with Gasteiger partial charge in [0.1, 0.15) is 12.1 Å². The number of halogens is 3. The number of nitrogens with zero attached hydrogens (tertiary/aromatic N) is 1. The summed E-state index contributed by atoms with van der Waals surface area (Å²) in [6, 6.07) is 2.21. The molecule has 2 fully saturated rings. The zero-order chi connectivity index (χ0) is 18.4. The summed E-state index contributed by atoms with van der Waals surface area (Å²) < 4.78 is 37.6. The maximum atomic E-state index is 12.5. The zero-order valence-electron chi connectivity index (χ0n) is 13.3. The molecule has 0 spiro atoms. The Morgan fingerprint density at radius 3 is 2.48 bits per heavy atom. The van der Waals surface area contributed by atoms with Crippen LogP contribution < -0.4 is 10.6 Å². The van der Waals surface area contributed by atoms with E-state index in [9.17, 15) is 27.6 Å². The molecule has 0 radical (unpaired) electrons. The number of rotatable bonds is 2. The number of amides is 3. The third-order valence-corrected chi connectivity index (χ3v) is 4.43. The van der Waals surface area contributed by atoms with Crippen molar-refractivity contribution >= 4 is 17.7 Å². The summed E-state index contributed by atoms with van der Waals surface area (Å²) in [7, 11) is 0. The first-order chi connectivity index (χ1) is 11.7. The number of hydrogen-bond acceptors (Lipinski definition) is 3. The van der Waals surface area contributed by atoms with Gasteiger partial charge in [0.25, 0.3) is 5.91 Å². The van der Waals surface area contributed by atoms with E-state index in [4.69, 9.17) is 0 Å². The summed E-state index contributed by atoms with van der Waals surface area (Å²) in [6.45, 7) is 1.79. The molecule has 3 amide bonds. The quantitative estimate of drug-likeness (QED) is 0.828. The summed E-state index contributed by atoms with van der Waals surface area (Å²) in [5.74, 6) is -1.02. The van der Waals surface area contributed by atoms with Crippen molar-refractivity contribution < 1.29 is 27.6 Å². The lowest BCUT2D eigenvalue weighted by molar-refractivity contribution is -0.146. The molecule has 25 heavy (non-hydrogen) atoms. The Bertz CT molecular complexity index is 718. The number of nitrogens with one attached hydrogen (secondary N) is 2. The van der Waals surface area contributed by atoms with Gasteiger partial charge >= 0.3 is 6.18 Å². The lowest BCUT2D eigenvalue weighted by atomic mass is 10.1. The van der Waals surface area contributed by atoms with Crippen LogP contribution in [0.1, 0.15) is 29.3 Å². The van der Waals surface area contributed by atoms with Crippen LogP contribution in [0.25, 0.3) is 0 Å². The number of carbonyl (C=O) groups is 3. The zero-order valence-corrected chi connectivity index (χ0v) is 13.3. The minimum Gasteiger partial charge on any atom is -0.347 e. The number of fused-ring (bicyclic) bond motifs is 1. The van der Waals surface area contributed by atoms with E-state index in [1.165, 1.54) is 4.90 Å². The summed E-state index contributed by atoms with van der Waals surface area (Å²) >= 11 is 0. The number of alkyl halides is 3. The molecule has 134 valence electrons. The monoisotopic (exact) mass is 355 g/mol. The highest BCUT2D eigenvalue weighted by Gasteiger charge is 2.45. The van der Waals surface area contributed by atoms with E-state index in [0.717, 1.165) is 24.3 Å². The highest BCUT2D eigenvalue weighted by Crippen LogP contribution is 2.29. The third kappa shape index (κ3) is 3.31. The van der Waals surface area contributed by atoms with Gasteiger partial charge in [-0.15, -0.1) is 0 Å². The summed E-state index contributed by atoms with van der Waals surface area (Å²) in [5.41, 5.74) is -0.750. The van der Waals surface area contributed by atoms with Crippen LogP contribution in [0.2, 0.25) is 0 Å². The van der Waals surface area contributed by atoms with Crippen molar-refractivity contribution in [1.29, 1.82) is 0 Å². The second kappa shape index (κ2) is 6.05. The minimum absolute atomic E-state index is 0.0852. The number of benzene rings is 1. The van der Waals surface area contributed by atoms with Crippen LogP contribution in [0.4, 0.5) is 13.2 Å². The van der Waals surface area contributed by atoms with Crippen molar-refractivity contribution in [1.82, 2.24) is 15.5 Å². The first-order valence-corrected chi connectivity index (χ1v) is 7.76. The normalized spacial score (nSPS) is 26.2. The van der Waals surface area contributed by atoms with Crippen molar-refractivity contribution in [3.05, 3.63) is 35.4 Å². The Kier molecular flexibility index (Phi) is 4.18. The van der Waals surface area contributed by atoms with Crippen molar-refractivity contribution in [3.8, 4) is 0 Å². The van der Waals surface area contributed by atoms with Crippen LogP contribution in [0, 0.1) is 0 Å². The summed E-state index contributed by atoms with van der Waals surface area (Å²) in [5, 5.41) is 5.25. The SMILES string of the molecule is C[C@H]1NC(=O)[C@@H]2C[C@H](NC(=O)c3ccc(C(F)(F)F)cc3)CN2C1=O. The topological polar surface area (TPSA) is 78.5 Å². The lowest BCUT2D eigenvalue weighted by Gasteiger charge is -2.32. The van der Waals surface area contributed by atoms with Gasteiger partial charge < -0.3 is 15.5 Å². The van der Waals surface area contributed by atoms with Crippen LogP contribution in [-0.4, -0.2) is 47.3 Å². The van der Waals surface area contributed by atoms with E-state index >= 15 is 0 Å². The molecule has 2 aliphatic heterocycles. The van der Waals surface area contributed by atoms with Crippen molar-refractivity contribution in [2.24, 2.45) is 0 Å². The minimum atomic E-state index is -4.46. The molecule has 1 aromatic carbocycles. The molecule has 1 aromatic rings. The Balaban J connectivity index is 1.66. The third-order valence-electron chi connectivity index (χ3n) is 4.43. The number of carbonyl (C=O) groups excluding carboxylic acids is 3. The van der Waals surface area contributed by atoms with Crippen LogP contribution in [0.15, 0.2) is 24.3 Å². The van der Waals surface area contributed by atoms with Gasteiger partial charge in [-0.1, -0.05) is 0 Å². The molecule has 9 heteroatoms. The number of hydrogen-bond donors (Lipinski definition) is 2. The lowest BCUT2D eigenvalue weighted by Crippen LogP contribution is -2.60. The molecule has 2 N–H and O–H groups in total. The van der Waals surface area contributed by atoms with Crippen molar-refractivity contribution in [3.63, 3.8) is 0 Å². The molecule has 0 aromatic heterocycles. The average Bonchev–Trinajstić information content (AvgIpc) is 2.96. The fraction of sp³-hybridized carbons (Fsp3) is 0.438. The molecule has 0 unspecified atom stereocenters. The Labute approximate surface area is 141 Å². The van der Waals surface area contributed by atoms with Gasteiger partial charge in [-0.25, -0.2) is 0 Å². The van der Waals surface area contributed by atoms with Gasteiger partial charge in [-0.3, -0.25) is 14.4 Å². The molecule has 3 rings (SSSR count). The molecular weight excluding hydrogens is 339 g/mol. The second-order valence-electron chi connectivity index (χ2n) is 6.22. The molecule has 0 bridgehead atoms. The molecule has 2 saturated heterocycles. The molecular formula is C16H16F3N3O3. The van der Waals surface area contributed by atoms with Crippen LogP contribution in [-0.2, 0) is 15.8 Å². The van der Waals surface area contributed by atoms with E-state index in [0.29, 0.717) is 0 Å². The van der Waals surface area contributed by atoms with Gasteiger partial charge in [0.2, 0.25) is 11.8 Å². The molecule has 3 atom stereocenters. The van der Waals surface area contributed by atoms with Gasteiger partial charge in [-0.05, 0) is 37.6 Å². The van der Waals surface area contributed by atoms with E-state index < -0.39 is 35.8 Å². The van der Waals surface area contributed by atoms with Gasteiger partial charge in [0, 0.05) is 18.2 Å². The van der Waals surface area contributed by atoms with Crippen LogP contribution in [0.3, 0.4) is 0 Å². The smallest absolute Gasteiger partial charge is 0.347 e. The standard InChI is InChI=1S/C16H16F3N3O3/c1-8-15(25)22-7-11(6-12(22)14(24)20-8)21-13(23)9-2-4-10(5-3-9)16(17,18)19/h2-5,8,11-12H,6-7H2,1H3,(H,20,24)(H,21,23)/t8-,11+,12+/m1/s1. The molecule has 6 nitrogen and oxygen atoms in total. The first-order valence-electron chi connectivity index (χ1n) is 7.76. The summed E-state index contributed by atoms with van der Waals surface area (Å²) in [4.78, 5) is 37.6. The molecule has 2 heterocycles. The van der Waals surface area contributed by atoms with Gasteiger partial charge in [0.15, 0.2) is 0 Å². The largest absolute Gasteiger partial charge is 0.416 e. The number of piperazine rings is 1. The highest BCUT2D eigenvalue weighted by atomic mass is 19.4. The summed E-state index contributed by atoms with van der Waals surface area (Å²) in [6.07, 6.45) is -4.19. The van der Waals surface area contributed by atoms with Crippen LogP contribution >= 0.6 is 0 Å². The maximum Gasteiger partial charge on any atom is 0.416 e. The van der Waals surface area contributed by atoms with Crippen molar-refractivity contribution in [2.45, 2.75) is 37.6 Å². The van der Waals surface area contributed by atoms with Crippen LogP contribution in [0.5, 0.6) is 0 Å². The predicted molar refractivity (Wildman–Crippen MR) is 80.4 cm³/mol. The average molecular weight is 355 g/mol. The Hall–Kier alpha value is -2.58. The maximum absolute atomic E-state index is 12.5. The fourth-order valence-corrected chi connectivity index (χ4v) is 3.13. The highest BCUT2D eigenvalue weighted by molar-refractivity contribution is 5.98. The van der Waals surface area contributed by atoms with Gasteiger partial charge in [-0.2, -0.15) is 13.2 Å². The molecule has 0 aliphatic carbocycles. The van der Waals surface area contributed by atoms with Gasteiger partial charge in [0.05, 0.1) is 5.56 Å². The van der Waals surface area contributed by atoms with E-state index in [1.807, 2.05) is 0 Å². The fourth-order valence-electron chi connectivity index (χ4n) is 3.13. The second-order valence-corrected chi connectivity index (χ2v) is 6.22. The Morgan fingerprint density at radius 1 is 1.24 bits per heavy atom. The first kappa shape index (κ1) is 17.2. The molecule has 0 saturated carbocycles. The Morgan fingerprint density at radius 2 is 1.88 bits per heavy atom. The molecule has 2 aliphatic rings. The van der Waals surface area contributed by atoms with E-state index in [2.05, 4.69) is 10.6 Å². The van der Waals surface area contributed by atoms with E-state index in [-0.39, 0.29) is 30.3 Å². The predicted octanol–water partition coefficient (Wildman–Crippen LogP) is 0.923. The van der Waals surface area contributed by atoms with E-state index in [1.54, 1.807) is 6.92 Å². The van der Waals surface area contributed by atoms with Crippen molar-refractivity contribution in [2.75, 3.05) is 6.54 Å².